The molecule has 7 heteroatoms. The summed E-state index contributed by atoms with van der Waals surface area (Å²) in [6.45, 7) is 5.21. The van der Waals surface area contributed by atoms with Gasteiger partial charge in [0.15, 0.2) is 0 Å². The first-order valence-electron chi connectivity index (χ1n) is 6.93. The Labute approximate surface area is 118 Å². The second kappa shape index (κ2) is 7.33. The maximum atomic E-state index is 11.6. The highest BCUT2D eigenvalue weighted by Crippen LogP contribution is 2.28. The molecule has 1 aliphatic heterocycles. The molecule has 20 heavy (non-hydrogen) atoms. The quantitative estimate of drug-likeness (QED) is 0.455. The third-order valence-electron chi connectivity index (χ3n) is 3.72. The van der Waals surface area contributed by atoms with E-state index in [1.54, 1.807) is 11.8 Å². The number of hydrogen-bond donors (Lipinski definition) is 4. The van der Waals surface area contributed by atoms with Crippen LogP contribution in [0.5, 0.6) is 0 Å². The summed E-state index contributed by atoms with van der Waals surface area (Å²) in [6.07, 6.45) is -4.05. The fraction of sp³-hybridized carbons (Fsp3) is 0.923. The Balaban J connectivity index is 2.98. The summed E-state index contributed by atoms with van der Waals surface area (Å²) in [5.41, 5.74) is 0. The van der Waals surface area contributed by atoms with Crippen LogP contribution in [-0.4, -0.2) is 80.9 Å². The molecule has 0 unspecified atom stereocenters. The van der Waals surface area contributed by atoms with Gasteiger partial charge in [-0.25, -0.2) is 0 Å². The molecule has 1 heterocycles. The number of piperidine rings is 1. The molecule has 0 radical (unpaired) electrons. The predicted octanol–water partition coefficient (Wildman–Crippen LogP) is -1.52. The lowest BCUT2D eigenvalue weighted by molar-refractivity contribution is -0.185. The van der Waals surface area contributed by atoms with Crippen molar-refractivity contribution in [3.8, 4) is 0 Å². The number of aliphatic hydroxyl groups is 4. The van der Waals surface area contributed by atoms with Crippen LogP contribution in [0.3, 0.4) is 0 Å². The van der Waals surface area contributed by atoms with Gasteiger partial charge in [0.2, 0.25) is 0 Å². The highest BCUT2D eigenvalue weighted by Gasteiger charge is 2.48. The van der Waals surface area contributed by atoms with Gasteiger partial charge in [0, 0.05) is 12.1 Å². The third kappa shape index (κ3) is 3.48. The normalized spacial score (nSPS) is 35.3. The second-order valence-electron chi connectivity index (χ2n) is 5.34. The SMILES string of the molecule is CCOC(=O)C[C@H]1[C@H](O)[C@@H](O)[C@H](O)[C@H](CO)N1C(C)C. The summed E-state index contributed by atoms with van der Waals surface area (Å²) in [5, 5.41) is 39.4. The van der Waals surface area contributed by atoms with E-state index in [0.717, 1.165) is 0 Å². The van der Waals surface area contributed by atoms with E-state index in [0.29, 0.717) is 0 Å². The van der Waals surface area contributed by atoms with Gasteiger partial charge in [-0.05, 0) is 20.8 Å². The molecule has 0 aromatic carbocycles. The molecule has 7 nitrogen and oxygen atoms in total. The van der Waals surface area contributed by atoms with E-state index < -0.39 is 36.4 Å². The van der Waals surface area contributed by atoms with Crippen molar-refractivity contribution in [2.75, 3.05) is 13.2 Å². The molecule has 0 aliphatic carbocycles. The number of hydrogen-bond acceptors (Lipinski definition) is 7. The number of carbonyl (C=O) groups excluding carboxylic acids is 1. The van der Waals surface area contributed by atoms with E-state index in [4.69, 9.17) is 4.74 Å². The van der Waals surface area contributed by atoms with Gasteiger partial charge in [-0.1, -0.05) is 0 Å². The molecule has 4 N–H and O–H groups in total. The molecule has 5 atom stereocenters. The largest absolute Gasteiger partial charge is 0.466 e. The molecule has 1 fully saturated rings. The maximum absolute atomic E-state index is 11.6. The van der Waals surface area contributed by atoms with Crippen LogP contribution in [0.4, 0.5) is 0 Å². The third-order valence-corrected chi connectivity index (χ3v) is 3.72. The van der Waals surface area contributed by atoms with Crippen molar-refractivity contribution < 1.29 is 30.0 Å². The topological polar surface area (TPSA) is 110 Å². The Hall–Kier alpha value is -0.730. The van der Waals surface area contributed by atoms with Gasteiger partial charge < -0.3 is 25.2 Å². The predicted molar refractivity (Wildman–Crippen MR) is 70.9 cm³/mol. The van der Waals surface area contributed by atoms with Gasteiger partial charge in [0.1, 0.15) is 12.2 Å². The monoisotopic (exact) mass is 291 g/mol. The molecule has 0 amide bonds. The van der Waals surface area contributed by atoms with Crippen LogP contribution in [-0.2, 0) is 9.53 Å². The van der Waals surface area contributed by atoms with Crippen molar-refractivity contribution in [1.29, 1.82) is 0 Å². The summed E-state index contributed by atoms with van der Waals surface area (Å²) in [6, 6.07) is -1.55. The van der Waals surface area contributed by atoms with Crippen molar-refractivity contribution >= 4 is 5.97 Å². The summed E-state index contributed by atoms with van der Waals surface area (Å²) in [5.74, 6) is -0.484. The number of nitrogens with zero attached hydrogens (tertiary/aromatic N) is 1. The first-order valence-corrected chi connectivity index (χ1v) is 6.93. The second-order valence-corrected chi connectivity index (χ2v) is 5.34. The Morgan fingerprint density at radius 1 is 1.15 bits per heavy atom. The molecule has 0 saturated carbocycles. The van der Waals surface area contributed by atoms with Crippen molar-refractivity contribution in [3.05, 3.63) is 0 Å². The lowest BCUT2D eigenvalue weighted by Gasteiger charge is -2.50. The van der Waals surface area contributed by atoms with Crippen LogP contribution in [0, 0.1) is 0 Å². The minimum absolute atomic E-state index is 0.104. The minimum atomic E-state index is -1.40. The first-order chi connectivity index (χ1) is 9.34. The molecule has 118 valence electrons. The van der Waals surface area contributed by atoms with Crippen LogP contribution >= 0.6 is 0 Å². The Bertz CT molecular complexity index is 324. The smallest absolute Gasteiger partial charge is 0.307 e. The number of aliphatic hydroxyl groups excluding tert-OH is 4. The molecule has 1 aliphatic rings. The molecule has 0 spiro atoms. The number of rotatable bonds is 5. The van der Waals surface area contributed by atoms with Crippen molar-refractivity contribution in [2.45, 2.75) is 63.6 Å². The van der Waals surface area contributed by atoms with Crippen LogP contribution in [0.25, 0.3) is 0 Å². The molecule has 1 rings (SSSR count). The van der Waals surface area contributed by atoms with Gasteiger partial charge in [0.05, 0.1) is 31.8 Å². The van der Waals surface area contributed by atoms with Gasteiger partial charge in [-0.15, -0.1) is 0 Å². The average molecular weight is 291 g/mol. The van der Waals surface area contributed by atoms with Crippen molar-refractivity contribution in [3.63, 3.8) is 0 Å². The lowest BCUT2D eigenvalue weighted by Crippen LogP contribution is -2.69. The molecular weight excluding hydrogens is 266 g/mol. The summed E-state index contributed by atoms with van der Waals surface area (Å²) in [4.78, 5) is 13.3. The van der Waals surface area contributed by atoms with E-state index in [9.17, 15) is 25.2 Å². The van der Waals surface area contributed by atoms with Crippen molar-refractivity contribution in [1.82, 2.24) is 4.90 Å². The number of esters is 1. The molecule has 1 saturated heterocycles. The minimum Gasteiger partial charge on any atom is -0.466 e. The summed E-state index contributed by atoms with van der Waals surface area (Å²) < 4.78 is 4.87. The summed E-state index contributed by atoms with van der Waals surface area (Å²) in [7, 11) is 0. The number of ether oxygens (including phenoxy) is 1. The standard InChI is InChI=1S/C13H25NO6/c1-4-20-10(16)5-8-11(17)13(19)12(18)9(6-15)14(8)7(2)3/h7-9,11-13,15,17-19H,4-6H2,1-3H3/t8-,9-,11-,12+,13+/m0/s1. The van der Waals surface area contributed by atoms with E-state index in [2.05, 4.69) is 0 Å². The zero-order valence-corrected chi connectivity index (χ0v) is 12.1. The lowest BCUT2D eigenvalue weighted by atomic mass is 9.85. The van der Waals surface area contributed by atoms with Crippen LogP contribution in [0.2, 0.25) is 0 Å². The maximum Gasteiger partial charge on any atom is 0.307 e. The van der Waals surface area contributed by atoms with E-state index in [1.165, 1.54) is 0 Å². The van der Waals surface area contributed by atoms with E-state index in [-0.39, 0.29) is 25.7 Å². The highest BCUT2D eigenvalue weighted by atomic mass is 16.5. The van der Waals surface area contributed by atoms with Crippen molar-refractivity contribution in [2.24, 2.45) is 0 Å². The van der Waals surface area contributed by atoms with E-state index >= 15 is 0 Å². The molecule has 0 aromatic rings. The van der Waals surface area contributed by atoms with Gasteiger partial charge >= 0.3 is 5.97 Å². The van der Waals surface area contributed by atoms with E-state index in [1.807, 2.05) is 13.8 Å². The van der Waals surface area contributed by atoms with Gasteiger partial charge in [-0.3, -0.25) is 9.69 Å². The summed E-state index contributed by atoms with van der Waals surface area (Å²) >= 11 is 0. The zero-order chi connectivity index (χ0) is 15.4. The van der Waals surface area contributed by atoms with Gasteiger partial charge in [0.25, 0.3) is 0 Å². The number of likely N-dealkylation sites (tertiary alicyclic amines) is 1. The Kier molecular flexibility index (Phi) is 6.35. The number of carbonyl (C=O) groups is 1. The first kappa shape index (κ1) is 17.3. The average Bonchev–Trinajstić information content (AvgIpc) is 2.39. The van der Waals surface area contributed by atoms with Crippen LogP contribution < -0.4 is 0 Å². The molecule has 0 bridgehead atoms. The highest BCUT2D eigenvalue weighted by molar-refractivity contribution is 5.70. The molecule has 0 aromatic heterocycles. The molecular formula is C13H25NO6. The fourth-order valence-electron chi connectivity index (χ4n) is 2.84. The zero-order valence-electron chi connectivity index (χ0n) is 12.1. The van der Waals surface area contributed by atoms with Crippen LogP contribution in [0.15, 0.2) is 0 Å². The van der Waals surface area contributed by atoms with Gasteiger partial charge in [-0.2, -0.15) is 0 Å². The fourth-order valence-corrected chi connectivity index (χ4v) is 2.84. The Morgan fingerprint density at radius 2 is 1.70 bits per heavy atom. The Morgan fingerprint density at radius 3 is 2.15 bits per heavy atom. The van der Waals surface area contributed by atoms with Crippen LogP contribution in [0.1, 0.15) is 27.2 Å².